The third kappa shape index (κ3) is 4.89. The highest BCUT2D eigenvalue weighted by atomic mass is 19.1. The molecule has 1 aromatic heterocycles. The van der Waals surface area contributed by atoms with Crippen molar-refractivity contribution in [1.82, 2.24) is 9.78 Å². The molecule has 4 aromatic rings. The molecule has 32 heavy (non-hydrogen) atoms. The van der Waals surface area contributed by atoms with E-state index in [1.807, 2.05) is 36.4 Å². The summed E-state index contributed by atoms with van der Waals surface area (Å²) in [5, 5.41) is 6.99. The van der Waals surface area contributed by atoms with Crippen molar-refractivity contribution in [2.75, 3.05) is 5.32 Å². The number of carbonyl (C=O) groups excluding carboxylic acids is 1. The van der Waals surface area contributed by atoms with Gasteiger partial charge in [0.2, 0.25) is 5.43 Å². The molecule has 0 saturated carbocycles. The summed E-state index contributed by atoms with van der Waals surface area (Å²) in [6, 6.07) is 23.5. The van der Waals surface area contributed by atoms with Crippen LogP contribution >= 0.6 is 0 Å². The van der Waals surface area contributed by atoms with Crippen molar-refractivity contribution in [1.29, 1.82) is 0 Å². The molecule has 0 unspecified atom stereocenters. The molecule has 0 radical (unpaired) electrons. The number of nitrogens with zero attached hydrogens (tertiary/aromatic N) is 2. The first kappa shape index (κ1) is 21.0. The number of para-hydroxylation sites is 1. The maximum Gasteiger partial charge on any atom is 0.280 e. The fraction of sp³-hybridized carbons (Fsp3) is 0.0800. The number of rotatable bonds is 6. The maximum absolute atomic E-state index is 13.3. The Kier molecular flexibility index (Phi) is 6.07. The molecule has 1 amide bonds. The predicted octanol–water partition coefficient (Wildman–Crippen LogP) is 4.51. The number of aryl methyl sites for hydroxylation is 1. The number of carbonyl (C=O) groups is 1. The lowest BCUT2D eigenvalue weighted by molar-refractivity contribution is 0.101. The highest BCUT2D eigenvalue weighted by Crippen LogP contribution is 2.17. The second-order valence-corrected chi connectivity index (χ2v) is 7.15. The number of halogens is 1. The summed E-state index contributed by atoms with van der Waals surface area (Å²) in [5.74, 6) is -0.581. The zero-order valence-corrected chi connectivity index (χ0v) is 17.3. The highest BCUT2D eigenvalue weighted by molar-refractivity contribution is 6.02. The van der Waals surface area contributed by atoms with Gasteiger partial charge in [-0.2, -0.15) is 5.10 Å². The lowest BCUT2D eigenvalue weighted by atomic mass is 10.2. The number of ether oxygens (including phenoxy) is 1. The Bertz CT molecular complexity index is 1320. The Balaban J connectivity index is 1.52. The molecule has 0 spiro atoms. The number of hydrogen-bond acceptors (Lipinski definition) is 4. The molecule has 0 bridgehead atoms. The van der Waals surface area contributed by atoms with E-state index >= 15 is 0 Å². The van der Waals surface area contributed by atoms with E-state index in [-0.39, 0.29) is 18.1 Å². The van der Waals surface area contributed by atoms with Crippen LogP contribution in [0.4, 0.5) is 10.1 Å². The number of amides is 1. The van der Waals surface area contributed by atoms with E-state index in [1.54, 1.807) is 41.9 Å². The largest absolute Gasteiger partial charge is 0.489 e. The van der Waals surface area contributed by atoms with Gasteiger partial charge >= 0.3 is 0 Å². The van der Waals surface area contributed by atoms with E-state index in [0.717, 1.165) is 11.3 Å². The summed E-state index contributed by atoms with van der Waals surface area (Å²) in [7, 11) is 0. The summed E-state index contributed by atoms with van der Waals surface area (Å²) in [6.07, 6.45) is 0. The number of benzene rings is 3. The zero-order valence-electron chi connectivity index (χ0n) is 17.3. The summed E-state index contributed by atoms with van der Waals surface area (Å²) >= 11 is 0. The van der Waals surface area contributed by atoms with Gasteiger partial charge in [-0.1, -0.05) is 36.4 Å². The van der Waals surface area contributed by atoms with Gasteiger partial charge in [0.25, 0.3) is 5.91 Å². The van der Waals surface area contributed by atoms with Crippen LogP contribution < -0.4 is 15.5 Å². The Morgan fingerprint density at radius 3 is 2.56 bits per heavy atom. The molecule has 4 rings (SSSR count). The highest BCUT2D eigenvalue weighted by Gasteiger charge is 2.16. The molecule has 0 aliphatic carbocycles. The smallest absolute Gasteiger partial charge is 0.280 e. The quantitative estimate of drug-likeness (QED) is 0.489. The molecule has 160 valence electrons. The van der Waals surface area contributed by atoms with Gasteiger partial charge in [-0.05, 0) is 48.9 Å². The van der Waals surface area contributed by atoms with Crippen molar-refractivity contribution in [3.8, 4) is 11.4 Å². The van der Waals surface area contributed by atoms with Crippen LogP contribution in [0.15, 0.2) is 89.7 Å². The topological polar surface area (TPSA) is 73.2 Å². The Labute approximate surface area is 183 Å². The van der Waals surface area contributed by atoms with Gasteiger partial charge in [-0.15, -0.1) is 0 Å². The molecule has 0 atom stereocenters. The second kappa shape index (κ2) is 9.26. The normalized spacial score (nSPS) is 10.6. The van der Waals surface area contributed by atoms with Crippen LogP contribution in [0, 0.1) is 12.7 Å². The molecule has 0 aliphatic heterocycles. The van der Waals surface area contributed by atoms with Crippen molar-refractivity contribution in [3.05, 3.63) is 118 Å². The minimum absolute atomic E-state index is 0.191. The predicted molar refractivity (Wildman–Crippen MR) is 120 cm³/mol. The Hall–Kier alpha value is -4.26. The van der Waals surface area contributed by atoms with Gasteiger partial charge in [0.05, 0.1) is 5.69 Å². The average Bonchev–Trinajstić information content (AvgIpc) is 2.78. The van der Waals surface area contributed by atoms with Crippen LogP contribution in [0.3, 0.4) is 0 Å². The monoisotopic (exact) mass is 429 g/mol. The first-order valence-corrected chi connectivity index (χ1v) is 9.95. The third-order valence-electron chi connectivity index (χ3n) is 4.71. The molecular formula is C25H20FN3O3. The van der Waals surface area contributed by atoms with Gasteiger partial charge in [0, 0.05) is 23.5 Å². The molecule has 6 nitrogen and oxygen atoms in total. The number of anilines is 1. The molecule has 3 aromatic carbocycles. The number of nitrogens with one attached hydrogen (secondary N) is 1. The molecule has 1 N–H and O–H groups in total. The van der Waals surface area contributed by atoms with Gasteiger partial charge in [0.15, 0.2) is 5.69 Å². The summed E-state index contributed by atoms with van der Waals surface area (Å²) in [6.45, 7) is 1.95. The van der Waals surface area contributed by atoms with E-state index in [4.69, 9.17) is 4.74 Å². The molecule has 0 aliphatic rings. The molecule has 0 fully saturated rings. The van der Waals surface area contributed by atoms with Crippen molar-refractivity contribution in [2.45, 2.75) is 13.5 Å². The molecule has 1 heterocycles. The van der Waals surface area contributed by atoms with Crippen molar-refractivity contribution in [2.24, 2.45) is 0 Å². The fourth-order valence-electron chi connectivity index (χ4n) is 3.19. The van der Waals surface area contributed by atoms with E-state index in [2.05, 4.69) is 10.4 Å². The van der Waals surface area contributed by atoms with Crippen LogP contribution in [0.1, 0.15) is 21.7 Å². The van der Waals surface area contributed by atoms with Gasteiger partial charge < -0.3 is 10.1 Å². The fourth-order valence-corrected chi connectivity index (χ4v) is 3.19. The van der Waals surface area contributed by atoms with E-state index in [1.165, 1.54) is 18.2 Å². The average molecular weight is 429 g/mol. The van der Waals surface area contributed by atoms with Gasteiger partial charge in [0.1, 0.15) is 18.2 Å². The van der Waals surface area contributed by atoms with Gasteiger partial charge in [-0.3, -0.25) is 9.59 Å². The third-order valence-corrected chi connectivity index (χ3v) is 4.71. The standard InChI is InChI=1S/C25H20FN3O3/c1-17-13-23(30)24(28-29(17)21-10-3-2-4-11-21)25(31)27-20-9-5-7-18(14-20)16-32-22-12-6-8-19(26)15-22/h2-15H,16H2,1H3,(H,27,31). The summed E-state index contributed by atoms with van der Waals surface area (Å²) in [4.78, 5) is 25.2. The molecule has 7 heteroatoms. The van der Waals surface area contributed by atoms with Crippen LogP contribution in [0.25, 0.3) is 5.69 Å². The Morgan fingerprint density at radius 2 is 1.78 bits per heavy atom. The van der Waals surface area contributed by atoms with Gasteiger partial charge in [-0.25, -0.2) is 9.07 Å². The second-order valence-electron chi connectivity index (χ2n) is 7.15. The van der Waals surface area contributed by atoms with E-state index < -0.39 is 11.3 Å². The first-order chi connectivity index (χ1) is 15.5. The van der Waals surface area contributed by atoms with E-state index in [9.17, 15) is 14.0 Å². The maximum atomic E-state index is 13.3. The van der Waals surface area contributed by atoms with Crippen LogP contribution in [-0.2, 0) is 6.61 Å². The lowest BCUT2D eigenvalue weighted by Gasteiger charge is -2.12. The minimum Gasteiger partial charge on any atom is -0.489 e. The summed E-state index contributed by atoms with van der Waals surface area (Å²) in [5.41, 5.74) is 1.96. The number of aromatic nitrogens is 2. The van der Waals surface area contributed by atoms with Crippen LogP contribution in [0.2, 0.25) is 0 Å². The lowest BCUT2D eigenvalue weighted by Crippen LogP contribution is -2.26. The number of hydrogen-bond donors (Lipinski definition) is 1. The Morgan fingerprint density at radius 1 is 1.00 bits per heavy atom. The van der Waals surface area contributed by atoms with Crippen molar-refractivity contribution in [3.63, 3.8) is 0 Å². The zero-order chi connectivity index (χ0) is 22.5. The van der Waals surface area contributed by atoms with Crippen molar-refractivity contribution < 1.29 is 13.9 Å². The molecular weight excluding hydrogens is 409 g/mol. The van der Waals surface area contributed by atoms with E-state index in [0.29, 0.717) is 17.1 Å². The minimum atomic E-state index is -0.608. The van der Waals surface area contributed by atoms with Crippen LogP contribution in [-0.4, -0.2) is 15.7 Å². The first-order valence-electron chi connectivity index (χ1n) is 9.95. The summed E-state index contributed by atoms with van der Waals surface area (Å²) < 4.78 is 20.4. The van der Waals surface area contributed by atoms with Crippen LogP contribution in [0.5, 0.6) is 5.75 Å². The molecule has 0 saturated heterocycles. The van der Waals surface area contributed by atoms with Crippen molar-refractivity contribution >= 4 is 11.6 Å². The SMILES string of the molecule is Cc1cc(=O)c(C(=O)Nc2cccc(COc3cccc(F)c3)c2)nn1-c1ccccc1.